The fourth-order valence-corrected chi connectivity index (χ4v) is 5.27. The monoisotopic (exact) mass is 429 g/mol. The average molecular weight is 430 g/mol. The first-order chi connectivity index (χ1) is 13.0. The van der Waals surface area contributed by atoms with Crippen LogP contribution in [0.3, 0.4) is 0 Å². The van der Waals surface area contributed by atoms with Crippen LogP contribution < -0.4 is 5.32 Å². The highest BCUT2D eigenvalue weighted by molar-refractivity contribution is 7.89. The summed E-state index contributed by atoms with van der Waals surface area (Å²) in [5, 5.41) is 3.10. The van der Waals surface area contributed by atoms with Crippen molar-refractivity contribution in [2.45, 2.75) is 44.0 Å². The van der Waals surface area contributed by atoms with E-state index in [1.165, 1.54) is 17.3 Å². The van der Waals surface area contributed by atoms with E-state index in [2.05, 4.69) is 10.2 Å². The molecule has 0 aliphatic carbocycles. The van der Waals surface area contributed by atoms with Crippen LogP contribution in [0.4, 0.5) is 0 Å². The molecular weight excluding hydrogens is 402 g/mol. The standard InChI is InChI=1S/C19H28ClN3O4S/c1-15(24)14-19(2,3)21-18(25)8-9-22-10-12-23(13-11-22)28(26,27)17-7-5-4-6-16(17)20/h4-7H,8-14H2,1-3H3,(H,21,25). The maximum Gasteiger partial charge on any atom is 0.244 e. The molecule has 0 atom stereocenters. The molecule has 1 heterocycles. The smallest absolute Gasteiger partial charge is 0.244 e. The Balaban J connectivity index is 1.83. The average Bonchev–Trinajstić information content (AvgIpc) is 2.59. The Labute approximate surface area is 172 Å². The highest BCUT2D eigenvalue weighted by Crippen LogP contribution is 2.25. The molecule has 1 N–H and O–H groups in total. The summed E-state index contributed by atoms with van der Waals surface area (Å²) in [4.78, 5) is 25.6. The van der Waals surface area contributed by atoms with Crippen molar-refractivity contribution in [3.05, 3.63) is 29.3 Å². The van der Waals surface area contributed by atoms with E-state index >= 15 is 0 Å². The van der Waals surface area contributed by atoms with Gasteiger partial charge in [0, 0.05) is 51.1 Å². The van der Waals surface area contributed by atoms with Gasteiger partial charge < -0.3 is 10.2 Å². The van der Waals surface area contributed by atoms with Crippen LogP contribution in [-0.2, 0) is 19.6 Å². The van der Waals surface area contributed by atoms with Crippen LogP contribution in [-0.4, -0.2) is 67.6 Å². The predicted octanol–water partition coefficient (Wildman–Crippen LogP) is 1.91. The van der Waals surface area contributed by atoms with Crippen molar-refractivity contribution in [3.8, 4) is 0 Å². The third kappa shape index (κ3) is 6.27. The summed E-state index contributed by atoms with van der Waals surface area (Å²) in [6.45, 7) is 7.50. The van der Waals surface area contributed by atoms with Gasteiger partial charge in [-0.05, 0) is 32.9 Å². The molecule has 0 saturated carbocycles. The molecule has 1 aromatic carbocycles. The Morgan fingerprint density at radius 1 is 1.14 bits per heavy atom. The van der Waals surface area contributed by atoms with E-state index < -0.39 is 15.6 Å². The molecule has 7 nitrogen and oxygen atoms in total. The summed E-state index contributed by atoms with van der Waals surface area (Å²) in [6, 6.07) is 6.43. The number of halogens is 1. The van der Waals surface area contributed by atoms with E-state index in [1.54, 1.807) is 18.2 Å². The number of rotatable bonds is 8. The lowest BCUT2D eigenvalue weighted by atomic mass is 9.98. The second-order valence-electron chi connectivity index (χ2n) is 7.74. The number of nitrogens with one attached hydrogen (secondary N) is 1. The van der Waals surface area contributed by atoms with Crippen molar-refractivity contribution in [1.82, 2.24) is 14.5 Å². The van der Waals surface area contributed by atoms with E-state index in [4.69, 9.17) is 11.6 Å². The number of hydrogen-bond acceptors (Lipinski definition) is 5. The molecule has 1 fully saturated rings. The van der Waals surface area contributed by atoms with Crippen molar-refractivity contribution >= 4 is 33.3 Å². The van der Waals surface area contributed by atoms with Gasteiger partial charge in [-0.2, -0.15) is 4.31 Å². The van der Waals surface area contributed by atoms with Crippen molar-refractivity contribution in [2.75, 3.05) is 32.7 Å². The number of piperazine rings is 1. The van der Waals surface area contributed by atoms with Crippen LogP contribution in [0.2, 0.25) is 5.02 Å². The van der Waals surface area contributed by atoms with Gasteiger partial charge in [-0.15, -0.1) is 0 Å². The Bertz CT molecular complexity index is 818. The zero-order valence-corrected chi connectivity index (χ0v) is 18.1. The van der Waals surface area contributed by atoms with Gasteiger partial charge in [-0.3, -0.25) is 9.59 Å². The predicted molar refractivity (Wildman–Crippen MR) is 109 cm³/mol. The minimum absolute atomic E-state index is 0.0288. The number of amides is 1. The van der Waals surface area contributed by atoms with Crippen molar-refractivity contribution in [3.63, 3.8) is 0 Å². The summed E-state index contributed by atoms with van der Waals surface area (Å²) < 4.78 is 26.9. The molecular formula is C19H28ClN3O4S. The van der Waals surface area contributed by atoms with Gasteiger partial charge >= 0.3 is 0 Å². The normalized spacial score (nSPS) is 16.7. The van der Waals surface area contributed by atoms with Gasteiger partial charge in [-0.25, -0.2) is 8.42 Å². The summed E-state index contributed by atoms with van der Waals surface area (Å²) in [5.74, 6) is -0.0847. The van der Waals surface area contributed by atoms with E-state index in [-0.39, 0.29) is 28.0 Å². The Morgan fingerprint density at radius 2 is 1.75 bits per heavy atom. The van der Waals surface area contributed by atoms with E-state index in [0.29, 0.717) is 39.1 Å². The highest BCUT2D eigenvalue weighted by Gasteiger charge is 2.30. The maximum atomic E-state index is 12.8. The minimum atomic E-state index is -3.62. The van der Waals surface area contributed by atoms with Gasteiger partial charge in [0.05, 0.1) is 5.02 Å². The van der Waals surface area contributed by atoms with E-state index in [1.807, 2.05) is 13.8 Å². The minimum Gasteiger partial charge on any atom is -0.351 e. The highest BCUT2D eigenvalue weighted by atomic mass is 35.5. The molecule has 0 aromatic heterocycles. The molecule has 2 rings (SSSR count). The molecule has 1 amide bonds. The van der Waals surface area contributed by atoms with Gasteiger partial charge in [0.15, 0.2) is 0 Å². The maximum absolute atomic E-state index is 12.8. The number of benzene rings is 1. The van der Waals surface area contributed by atoms with Crippen LogP contribution in [0.1, 0.15) is 33.6 Å². The summed E-state index contributed by atoms with van der Waals surface area (Å²) >= 11 is 6.04. The first-order valence-electron chi connectivity index (χ1n) is 9.29. The number of nitrogens with zero attached hydrogens (tertiary/aromatic N) is 2. The van der Waals surface area contributed by atoms with Crippen molar-refractivity contribution in [1.29, 1.82) is 0 Å². The van der Waals surface area contributed by atoms with Crippen LogP contribution in [0, 0.1) is 0 Å². The number of hydrogen-bond donors (Lipinski definition) is 1. The lowest BCUT2D eigenvalue weighted by Gasteiger charge is -2.34. The Hall–Kier alpha value is -1.48. The summed E-state index contributed by atoms with van der Waals surface area (Å²) in [7, 11) is -3.62. The third-order valence-electron chi connectivity index (χ3n) is 4.61. The summed E-state index contributed by atoms with van der Waals surface area (Å²) in [5.41, 5.74) is -0.565. The largest absolute Gasteiger partial charge is 0.351 e. The molecule has 1 aromatic rings. The molecule has 0 radical (unpaired) electrons. The van der Waals surface area contributed by atoms with Crippen molar-refractivity contribution < 1.29 is 18.0 Å². The molecule has 0 spiro atoms. The van der Waals surface area contributed by atoms with Gasteiger partial charge in [0.1, 0.15) is 10.7 Å². The lowest BCUT2D eigenvalue weighted by molar-refractivity contribution is -0.124. The van der Waals surface area contributed by atoms with Gasteiger partial charge in [-0.1, -0.05) is 23.7 Å². The quantitative estimate of drug-likeness (QED) is 0.682. The van der Waals surface area contributed by atoms with E-state index in [0.717, 1.165) is 0 Å². The molecule has 9 heteroatoms. The number of Topliss-reactive ketones (excluding diaryl/α,β-unsaturated/α-hetero) is 1. The lowest BCUT2D eigenvalue weighted by Crippen LogP contribution is -2.50. The fraction of sp³-hybridized carbons (Fsp3) is 0.579. The molecule has 1 aliphatic heterocycles. The molecule has 1 saturated heterocycles. The topological polar surface area (TPSA) is 86.8 Å². The first kappa shape index (κ1) is 22.8. The van der Waals surface area contributed by atoms with Crippen LogP contribution in [0.25, 0.3) is 0 Å². The summed E-state index contributed by atoms with van der Waals surface area (Å²) in [6.07, 6.45) is 0.593. The van der Waals surface area contributed by atoms with Crippen LogP contribution in [0.5, 0.6) is 0 Å². The van der Waals surface area contributed by atoms with Gasteiger partial charge in [0.25, 0.3) is 0 Å². The SMILES string of the molecule is CC(=O)CC(C)(C)NC(=O)CCN1CCN(S(=O)(=O)c2ccccc2Cl)CC1. The van der Waals surface area contributed by atoms with Crippen LogP contribution in [0.15, 0.2) is 29.2 Å². The first-order valence-corrected chi connectivity index (χ1v) is 11.1. The number of carbonyl (C=O) groups excluding carboxylic acids is 2. The van der Waals surface area contributed by atoms with E-state index in [9.17, 15) is 18.0 Å². The molecule has 28 heavy (non-hydrogen) atoms. The Kier molecular flexibility index (Phi) is 7.61. The number of carbonyl (C=O) groups is 2. The fourth-order valence-electron chi connectivity index (χ4n) is 3.35. The zero-order valence-electron chi connectivity index (χ0n) is 16.6. The van der Waals surface area contributed by atoms with Crippen LogP contribution >= 0.6 is 11.6 Å². The molecule has 156 valence electrons. The molecule has 0 unspecified atom stereocenters. The Morgan fingerprint density at radius 3 is 2.32 bits per heavy atom. The molecule has 0 bridgehead atoms. The van der Waals surface area contributed by atoms with Gasteiger partial charge in [0.2, 0.25) is 15.9 Å². The zero-order chi connectivity index (χ0) is 20.9. The second-order valence-corrected chi connectivity index (χ2v) is 10.1. The molecule has 1 aliphatic rings. The second kappa shape index (κ2) is 9.35. The third-order valence-corrected chi connectivity index (χ3v) is 7.01. The van der Waals surface area contributed by atoms with Crippen molar-refractivity contribution in [2.24, 2.45) is 0 Å². The number of sulfonamides is 1. The number of ketones is 1.